The predicted molar refractivity (Wildman–Crippen MR) is 82.3 cm³/mol. The molecule has 0 aromatic carbocycles. The molecule has 1 aliphatic heterocycles. The number of pyridine rings is 1. The van der Waals surface area contributed by atoms with Gasteiger partial charge in [0.15, 0.2) is 0 Å². The van der Waals surface area contributed by atoms with Crippen molar-refractivity contribution in [3.63, 3.8) is 0 Å². The molecule has 0 radical (unpaired) electrons. The first-order chi connectivity index (χ1) is 9.97. The summed E-state index contributed by atoms with van der Waals surface area (Å²) in [5, 5.41) is 3.55. The molecule has 2 aromatic heterocycles. The van der Waals surface area contributed by atoms with Gasteiger partial charge in [-0.25, -0.2) is 4.98 Å². The number of nitrogens with two attached hydrogens (primary N) is 1. The van der Waals surface area contributed by atoms with E-state index in [-0.39, 0.29) is 11.8 Å². The Kier molecular flexibility index (Phi) is 3.29. The van der Waals surface area contributed by atoms with Crippen LogP contribution in [-0.2, 0) is 4.79 Å². The van der Waals surface area contributed by atoms with Crippen molar-refractivity contribution in [3.05, 3.63) is 22.7 Å². The number of aromatic nitrogens is 1. The van der Waals surface area contributed by atoms with Gasteiger partial charge in [-0.3, -0.25) is 9.59 Å². The van der Waals surface area contributed by atoms with Crippen LogP contribution < -0.4 is 11.1 Å². The van der Waals surface area contributed by atoms with Crippen molar-refractivity contribution in [2.75, 3.05) is 19.3 Å². The van der Waals surface area contributed by atoms with Gasteiger partial charge in [0, 0.05) is 24.7 Å². The third-order valence-corrected chi connectivity index (χ3v) is 4.79. The van der Waals surface area contributed by atoms with E-state index in [0.29, 0.717) is 23.5 Å². The molecule has 1 atom stereocenters. The van der Waals surface area contributed by atoms with Gasteiger partial charge in [0.05, 0.1) is 5.69 Å². The molecule has 7 heteroatoms. The third-order valence-electron chi connectivity index (χ3n) is 3.67. The van der Waals surface area contributed by atoms with Gasteiger partial charge in [-0.1, -0.05) is 0 Å². The molecule has 1 aliphatic rings. The van der Waals surface area contributed by atoms with Crippen LogP contribution in [0.5, 0.6) is 0 Å². The Balaban J connectivity index is 1.88. The maximum atomic E-state index is 12.3. The van der Waals surface area contributed by atoms with E-state index >= 15 is 0 Å². The Morgan fingerprint density at radius 2 is 2.29 bits per heavy atom. The molecule has 0 bridgehead atoms. The van der Waals surface area contributed by atoms with E-state index in [9.17, 15) is 9.59 Å². The highest BCUT2D eigenvalue weighted by molar-refractivity contribution is 7.21. The zero-order valence-corrected chi connectivity index (χ0v) is 12.7. The number of likely N-dealkylation sites (tertiary alicyclic amines) is 1. The van der Waals surface area contributed by atoms with E-state index in [1.54, 1.807) is 11.9 Å². The Labute approximate surface area is 125 Å². The van der Waals surface area contributed by atoms with Gasteiger partial charge in [-0.05, 0) is 25.5 Å². The largest absolute Gasteiger partial charge is 0.397 e. The van der Waals surface area contributed by atoms with Crippen molar-refractivity contribution in [2.24, 2.45) is 0 Å². The minimum Gasteiger partial charge on any atom is -0.397 e. The number of fused-ring (bicyclic) bond motifs is 1. The second-order valence-electron chi connectivity index (χ2n) is 5.22. The maximum absolute atomic E-state index is 12.3. The molecular weight excluding hydrogens is 288 g/mol. The van der Waals surface area contributed by atoms with E-state index in [1.807, 2.05) is 19.1 Å². The summed E-state index contributed by atoms with van der Waals surface area (Å²) in [6.45, 7) is 2.55. The first-order valence-electron chi connectivity index (χ1n) is 6.69. The summed E-state index contributed by atoms with van der Waals surface area (Å²) in [5.41, 5.74) is 7.35. The summed E-state index contributed by atoms with van der Waals surface area (Å²) < 4.78 is 0. The highest BCUT2D eigenvalue weighted by Gasteiger charge is 2.31. The van der Waals surface area contributed by atoms with Crippen LogP contribution in [0.1, 0.15) is 21.8 Å². The van der Waals surface area contributed by atoms with Crippen LogP contribution in [-0.4, -0.2) is 41.3 Å². The normalized spacial score (nSPS) is 18.5. The van der Waals surface area contributed by atoms with E-state index < -0.39 is 6.04 Å². The van der Waals surface area contributed by atoms with Crippen molar-refractivity contribution in [1.29, 1.82) is 0 Å². The lowest BCUT2D eigenvalue weighted by Gasteiger charge is -2.11. The van der Waals surface area contributed by atoms with E-state index in [2.05, 4.69) is 10.3 Å². The number of amides is 2. The van der Waals surface area contributed by atoms with Crippen molar-refractivity contribution in [3.8, 4) is 0 Å². The number of hydrogen-bond donors (Lipinski definition) is 2. The number of likely N-dealkylation sites (N-methyl/N-ethyl adjacent to an activating group) is 1. The van der Waals surface area contributed by atoms with Gasteiger partial charge in [0.25, 0.3) is 5.91 Å². The highest BCUT2D eigenvalue weighted by atomic mass is 32.1. The number of nitrogens with one attached hydrogen (secondary N) is 1. The first-order valence-corrected chi connectivity index (χ1v) is 7.50. The van der Waals surface area contributed by atoms with Crippen LogP contribution in [0.15, 0.2) is 12.1 Å². The van der Waals surface area contributed by atoms with Crippen molar-refractivity contribution in [1.82, 2.24) is 15.2 Å². The van der Waals surface area contributed by atoms with Crippen molar-refractivity contribution < 1.29 is 9.59 Å². The molecule has 6 nitrogen and oxygen atoms in total. The number of thiophene rings is 1. The van der Waals surface area contributed by atoms with Gasteiger partial charge >= 0.3 is 0 Å². The molecule has 3 heterocycles. The van der Waals surface area contributed by atoms with Crippen LogP contribution in [0.3, 0.4) is 0 Å². The Bertz CT molecular complexity index is 740. The number of hydrogen-bond acceptors (Lipinski definition) is 5. The molecule has 110 valence electrons. The number of carbonyl (C=O) groups is 2. The SMILES string of the molecule is Cc1ccc2c(N)c(C(=O)NC3CCN(C)C3=O)sc2n1. The predicted octanol–water partition coefficient (Wildman–Crippen LogP) is 1.15. The molecule has 0 aliphatic carbocycles. The number of nitrogens with zero attached hydrogens (tertiary/aromatic N) is 2. The molecule has 0 saturated carbocycles. The molecule has 3 N–H and O–H groups in total. The average molecular weight is 304 g/mol. The summed E-state index contributed by atoms with van der Waals surface area (Å²) in [4.78, 5) is 31.4. The Morgan fingerprint density at radius 1 is 1.52 bits per heavy atom. The van der Waals surface area contributed by atoms with Crippen molar-refractivity contribution >= 4 is 39.1 Å². The molecule has 2 amide bonds. The van der Waals surface area contributed by atoms with Crippen LogP contribution in [0.4, 0.5) is 5.69 Å². The summed E-state index contributed by atoms with van der Waals surface area (Å²) in [5.74, 6) is -0.362. The van der Waals surface area contributed by atoms with Gasteiger partial charge < -0.3 is 16.0 Å². The molecule has 3 rings (SSSR count). The van der Waals surface area contributed by atoms with Crippen LogP contribution >= 0.6 is 11.3 Å². The number of anilines is 1. The van der Waals surface area contributed by atoms with Gasteiger partial charge in [-0.2, -0.15) is 0 Å². The third kappa shape index (κ3) is 2.33. The van der Waals surface area contributed by atoms with Crippen molar-refractivity contribution in [2.45, 2.75) is 19.4 Å². The van der Waals surface area contributed by atoms with E-state index in [0.717, 1.165) is 15.9 Å². The lowest BCUT2D eigenvalue weighted by Crippen LogP contribution is -2.40. The Hall–Kier alpha value is -2.15. The second kappa shape index (κ2) is 5.00. The zero-order valence-electron chi connectivity index (χ0n) is 11.8. The minimum atomic E-state index is -0.457. The fraction of sp³-hybridized carbons (Fsp3) is 0.357. The van der Waals surface area contributed by atoms with E-state index in [4.69, 9.17) is 5.73 Å². The van der Waals surface area contributed by atoms with Gasteiger partial charge in [0.1, 0.15) is 15.7 Å². The smallest absolute Gasteiger partial charge is 0.264 e. The summed E-state index contributed by atoms with van der Waals surface area (Å²) >= 11 is 1.26. The number of nitrogen functional groups attached to an aromatic ring is 1. The fourth-order valence-corrected chi connectivity index (χ4v) is 3.48. The first kappa shape index (κ1) is 13.8. The van der Waals surface area contributed by atoms with Gasteiger partial charge in [0.2, 0.25) is 5.91 Å². The average Bonchev–Trinajstić information content (AvgIpc) is 2.93. The molecule has 1 fully saturated rings. The quantitative estimate of drug-likeness (QED) is 0.871. The van der Waals surface area contributed by atoms with Crippen LogP contribution in [0, 0.1) is 6.92 Å². The number of aryl methyl sites for hydroxylation is 1. The summed E-state index contributed by atoms with van der Waals surface area (Å²) in [7, 11) is 1.73. The standard InChI is InChI=1S/C14H16N4O2S/c1-7-3-4-8-10(15)11(21-13(8)16-7)12(19)17-9-5-6-18(2)14(9)20/h3-4,9H,5-6,15H2,1-2H3,(H,17,19). The molecule has 1 unspecified atom stereocenters. The lowest BCUT2D eigenvalue weighted by atomic mass is 10.2. The zero-order chi connectivity index (χ0) is 15.1. The fourth-order valence-electron chi connectivity index (χ4n) is 2.44. The molecular formula is C14H16N4O2S. The number of carbonyl (C=O) groups excluding carboxylic acids is 2. The summed E-state index contributed by atoms with van der Waals surface area (Å²) in [6, 6.07) is 3.28. The number of rotatable bonds is 2. The lowest BCUT2D eigenvalue weighted by molar-refractivity contribution is -0.128. The van der Waals surface area contributed by atoms with E-state index in [1.165, 1.54) is 11.3 Å². The molecule has 21 heavy (non-hydrogen) atoms. The molecule has 2 aromatic rings. The molecule has 1 saturated heterocycles. The monoisotopic (exact) mass is 304 g/mol. The second-order valence-corrected chi connectivity index (χ2v) is 6.22. The van der Waals surface area contributed by atoms with Crippen LogP contribution in [0.2, 0.25) is 0 Å². The minimum absolute atomic E-state index is 0.0583. The molecule has 0 spiro atoms. The topological polar surface area (TPSA) is 88.3 Å². The van der Waals surface area contributed by atoms with Gasteiger partial charge in [-0.15, -0.1) is 11.3 Å². The Morgan fingerprint density at radius 3 is 2.95 bits per heavy atom. The van der Waals surface area contributed by atoms with Crippen LogP contribution in [0.25, 0.3) is 10.2 Å². The highest BCUT2D eigenvalue weighted by Crippen LogP contribution is 2.32. The summed E-state index contributed by atoms with van der Waals surface area (Å²) in [6.07, 6.45) is 0.628. The maximum Gasteiger partial charge on any atom is 0.264 e.